The van der Waals surface area contributed by atoms with Crippen LogP contribution in [0.15, 0.2) is 108 Å². The second-order valence-corrected chi connectivity index (χ2v) is 12.3. The monoisotopic (exact) mass is 557 g/mol. The Balaban J connectivity index is 1.49. The van der Waals surface area contributed by atoms with Crippen molar-refractivity contribution in [2.75, 3.05) is 23.3 Å². The summed E-state index contributed by atoms with van der Waals surface area (Å²) in [6.07, 6.45) is 0. The maximum atomic E-state index is 13.4. The van der Waals surface area contributed by atoms with Gasteiger partial charge in [-0.25, -0.2) is 17.9 Å². The van der Waals surface area contributed by atoms with Crippen LogP contribution in [0.5, 0.6) is 11.5 Å². The molecule has 0 unspecified atom stereocenters. The zero-order valence-electron chi connectivity index (χ0n) is 23.2. The van der Waals surface area contributed by atoms with E-state index in [0.29, 0.717) is 22.9 Å². The Morgan fingerprint density at radius 1 is 0.825 bits per heavy atom. The number of nitrogens with one attached hydrogen (secondary N) is 2. The highest BCUT2D eigenvalue weighted by atomic mass is 32.2. The van der Waals surface area contributed by atoms with Crippen molar-refractivity contribution < 1.29 is 17.9 Å². The van der Waals surface area contributed by atoms with Gasteiger partial charge < -0.3 is 10.1 Å². The molecule has 4 rings (SSSR count). The number of urea groups is 1. The third-order valence-corrected chi connectivity index (χ3v) is 7.78. The third-order valence-electron chi connectivity index (χ3n) is 6.30. The highest BCUT2D eigenvalue weighted by Crippen LogP contribution is 2.26. The van der Waals surface area contributed by atoms with Crippen molar-refractivity contribution in [1.29, 1.82) is 0 Å². The molecule has 0 saturated carbocycles. The van der Waals surface area contributed by atoms with Crippen LogP contribution in [-0.2, 0) is 15.4 Å². The second-order valence-electron chi connectivity index (χ2n) is 10.5. The largest absolute Gasteiger partial charge is 0.457 e. The van der Waals surface area contributed by atoms with Crippen molar-refractivity contribution in [2.45, 2.75) is 38.0 Å². The van der Waals surface area contributed by atoms with Crippen LogP contribution in [0.3, 0.4) is 0 Å². The number of rotatable bonds is 9. The van der Waals surface area contributed by atoms with E-state index in [1.807, 2.05) is 73.7 Å². The number of hydrogen-bond donors (Lipinski definition) is 2. The number of aryl methyl sites for hydroxylation is 1. The summed E-state index contributed by atoms with van der Waals surface area (Å²) in [6, 6.07) is 30.5. The number of para-hydroxylation sites is 1. The molecule has 8 heteroatoms. The van der Waals surface area contributed by atoms with E-state index in [-0.39, 0.29) is 29.4 Å². The summed E-state index contributed by atoms with van der Waals surface area (Å²) >= 11 is 0. The van der Waals surface area contributed by atoms with Gasteiger partial charge in [0.25, 0.3) is 0 Å². The predicted octanol–water partition coefficient (Wildman–Crippen LogP) is 7.10. The van der Waals surface area contributed by atoms with Crippen LogP contribution in [0.2, 0.25) is 0 Å². The summed E-state index contributed by atoms with van der Waals surface area (Å²) in [4.78, 5) is 15.0. The molecule has 0 heterocycles. The maximum absolute atomic E-state index is 13.4. The molecule has 0 aliphatic heterocycles. The summed E-state index contributed by atoms with van der Waals surface area (Å²) < 4.78 is 34.5. The first-order chi connectivity index (χ1) is 19.0. The molecule has 0 fully saturated rings. The van der Waals surface area contributed by atoms with Crippen molar-refractivity contribution in [1.82, 2.24) is 4.72 Å². The average molecular weight is 558 g/mol. The Labute approximate surface area is 236 Å². The van der Waals surface area contributed by atoms with Gasteiger partial charge in [-0.3, -0.25) is 4.90 Å². The second kappa shape index (κ2) is 12.4. The minimum absolute atomic E-state index is 0.0207. The molecule has 0 atom stereocenters. The summed E-state index contributed by atoms with van der Waals surface area (Å²) in [5.74, 6) is 1.32. The lowest BCUT2D eigenvalue weighted by atomic mass is 9.87. The van der Waals surface area contributed by atoms with Crippen LogP contribution in [0.1, 0.15) is 31.9 Å². The molecule has 0 aliphatic rings. The van der Waals surface area contributed by atoms with Gasteiger partial charge in [-0.15, -0.1) is 0 Å². The average Bonchev–Trinajstić information content (AvgIpc) is 2.92. The number of hydrogen-bond acceptors (Lipinski definition) is 4. The summed E-state index contributed by atoms with van der Waals surface area (Å²) in [6.45, 7) is 8.30. The number of carbonyl (C=O) groups excluding carboxylic acids is 1. The van der Waals surface area contributed by atoms with Crippen molar-refractivity contribution in [3.63, 3.8) is 0 Å². The first-order valence-corrected chi connectivity index (χ1v) is 14.6. The summed E-state index contributed by atoms with van der Waals surface area (Å²) in [5.41, 5.74) is 3.22. The number of ether oxygens (including phenoxy) is 1. The van der Waals surface area contributed by atoms with Crippen LogP contribution < -0.4 is 19.7 Å². The topological polar surface area (TPSA) is 87.7 Å². The van der Waals surface area contributed by atoms with Crippen LogP contribution in [0.4, 0.5) is 16.2 Å². The highest BCUT2D eigenvalue weighted by Gasteiger charge is 2.20. The fourth-order valence-corrected chi connectivity index (χ4v) is 5.11. The molecule has 0 aliphatic carbocycles. The van der Waals surface area contributed by atoms with Gasteiger partial charge in [0.1, 0.15) is 11.5 Å². The smallest absolute Gasteiger partial charge is 0.326 e. The SMILES string of the molecule is Cc1cccc(NC(=O)N(CCNS(=O)(=O)c2ccc(C(C)(C)C)cc2)c2ccc(Oc3ccccc3)cc2)c1. The Morgan fingerprint density at radius 2 is 1.48 bits per heavy atom. The zero-order valence-corrected chi connectivity index (χ0v) is 24.0. The van der Waals surface area contributed by atoms with Gasteiger partial charge in [0.05, 0.1) is 4.90 Å². The molecule has 0 spiro atoms. The first-order valence-electron chi connectivity index (χ1n) is 13.1. The quantitative estimate of drug-likeness (QED) is 0.230. The van der Waals surface area contributed by atoms with Gasteiger partial charge in [0, 0.05) is 24.5 Å². The molecule has 2 N–H and O–H groups in total. The van der Waals surface area contributed by atoms with E-state index in [9.17, 15) is 13.2 Å². The number of carbonyl (C=O) groups is 1. The van der Waals surface area contributed by atoms with Crippen LogP contribution in [0, 0.1) is 6.92 Å². The molecule has 208 valence electrons. The Bertz CT molecular complexity index is 1530. The molecule has 0 saturated heterocycles. The standard InChI is InChI=1S/C32H35N3O4S/c1-24-9-8-10-26(23-24)34-31(36)35(27-15-17-29(18-16-27)39-28-11-6-5-7-12-28)22-21-33-40(37,38)30-19-13-25(14-20-30)32(2,3)4/h5-20,23,33H,21-22H2,1-4H3,(H,34,36). The maximum Gasteiger partial charge on any atom is 0.326 e. The molecule has 7 nitrogen and oxygen atoms in total. The molecule has 0 aromatic heterocycles. The van der Waals surface area contributed by atoms with Gasteiger partial charge in [-0.1, -0.05) is 63.2 Å². The Morgan fingerprint density at radius 3 is 2.10 bits per heavy atom. The third kappa shape index (κ3) is 7.71. The van der Waals surface area contributed by atoms with Gasteiger partial charge in [-0.2, -0.15) is 0 Å². The van der Waals surface area contributed by atoms with Crippen LogP contribution in [-0.4, -0.2) is 27.5 Å². The highest BCUT2D eigenvalue weighted by molar-refractivity contribution is 7.89. The Hall–Kier alpha value is -4.14. The molecular weight excluding hydrogens is 522 g/mol. The van der Waals surface area contributed by atoms with E-state index < -0.39 is 10.0 Å². The normalized spacial score (nSPS) is 11.6. The van der Waals surface area contributed by atoms with Crippen molar-refractivity contribution >= 4 is 27.4 Å². The van der Waals surface area contributed by atoms with E-state index in [1.165, 1.54) is 4.90 Å². The van der Waals surface area contributed by atoms with E-state index in [2.05, 4.69) is 30.8 Å². The lowest BCUT2D eigenvalue weighted by molar-refractivity contribution is 0.257. The number of anilines is 2. The van der Waals surface area contributed by atoms with E-state index in [4.69, 9.17) is 4.74 Å². The van der Waals surface area contributed by atoms with Gasteiger partial charge in [0.15, 0.2) is 0 Å². The lowest BCUT2D eigenvalue weighted by Crippen LogP contribution is -2.41. The molecule has 0 bridgehead atoms. The Kier molecular flexibility index (Phi) is 8.92. The summed E-state index contributed by atoms with van der Waals surface area (Å²) in [7, 11) is -3.76. The molecule has 4 aromatic rings. The lowest BCUT2D eigenvalue weighted by Gasteiger charge is -2.24. The molecule has 2 amide bonds. The minimum Gasteiger partial charge on any atom is -0.457 e. The molecule has 0 radical (unpaired) electrons. The van der Waals surface area contributed by atoms with Crippen molar-refractivity contribution in [2.24, 2.45) is 0 Å². The number of amides is 2. The van der Waals surface area contributed by atoms with Crippen LogP contribution >= 0.6 is 0 Å². The van der Waals surface area contributed by atoms with E-state index in [0.717, 1.165) is 11.1 Å². The predicted molar refractivity (Wildman–Crippen MR) is 161 cm³/mol. The van der Waals surface area contributed by atoms with E-state index >= 15 is 0 Å². The molecule has 4 aromatic carbocycles. The fraction of sp³-hybridized carbons (Fsp3) is 0.219. The van der Waals surface area contributed by atoms with Crippen LogP contribution in [0.25, 0.3) is 0 Å². The van der Waals surface area contributed by atoms with Crippen molar-refractivity contribution in [3.05, 3.63) is 114 Å². The number of sulfonamides is 1. The molecular formula is C32H35N3O4S. The fourth-order valence-electron chi connectivity index (χ4n) is 4.09. The van der Waals surface area contributed by atoms with Crippen molar-refractivity contribution in [3.8, 4) is 11.5 Å². The van der Waals surface area contributed by atoms with Gasteiger partial charge >= 0.3 is 6.03 Å². The van der Waals surface area contributed by atoms with E-state index in [1.54, 1.807) is 36.4 Å². The number of nitrogens with zero attached hydrogens (tertiary/aromatic N) is 1. The summed E-state index contributed by atoms with van der Waals surface area (Å²) in [5, 5.41) is 2.91. The van der Waals surface area contributed by atoms with Gasteiger partial charge in [0.2, 0.25) is 10.0 Å². The zero-order chi connectivity index (χ0) is 28.8. The van der Waals surface area contributed by atoms with Gasteiger partial charge in [-0.05, 0) is 84.1 Å². The minimum atomic E-state index is -3.76. The number of benzene rings is 4. The first kappa shape index (κ1) is 28.9. The molecule has 40 heavy (non-hydrogen) atoms.